The van der Waals surface area contributed by atoms with Crippen molar-refractivity contribution in [2.75, 3.05) is 26.2 Å². The van der Waals surface area contributed by atoms with Crippen LogP contribution in [-0.4, -0.2) is 47.9 Å². The van der Waals surface area contributed by atoms with Crippen LogP contribution in [0.5, 0.6) is 0 Å². The summed E-state index contributed by atoms with van der Waals surface area (Å²) in [6, 6.07) is 2.42. The predicted octanol–water partition coefficient (Wildman–Crippen LogP) is 1.91. The molecule has 2 atom stereocenters. The van der Waals surface area contributed by atoms with E-state index in [4.69, 9.17) is 5.73 Å². The highest BCUT2D eigenvalue weighted by molar-refractivity contribution is 7.07. The summed E-state index contributed by atoms with van der Waals surface area (Å²) in [5.41, 5.74) is 7.40. The molecule has 5 heteroatoms. The maximum atomic E-state index is 12.6. The van der Waals surface area contributed by atoms with Gasteiger partial charge in [-0.25, -0.2) is 0 Å². The molecule has 2 fully saturated rings. The molecule has 1 aromatic rings. The molecular formula is C16H25N3OS. The Kier molecular flexibility index (Phi) is 4.93. The first-order valence-corrected chi connectivity index (χ1v) is 8.94. The van der Waals surface area contributed by atoms with Gasteiger partial charge in [0.15, 0.2) is 0 Å². The zero-order chi connectivity index (χ0) is 14.7. The van der Waals surface area contributed by atoms with Crippen molar-refractivity contribution in [3.05, 3.63) is 22.4 Å². The molecule has 0 bridgehead atoms. The van der Waals surface area contributed by atoms with E-state index in [0.717, 1.165) is 58.4 Å². The van der Waals surface area contributed by atoms with Gasteiger partial charge in [0.1, 0.15) is 0 Å². The molecule has 0 aromatic carbocycles. The first-order chi connectivity index (χ1) is 10.2. The first kappa shape index (κ1) is 15.0. The molecule has 1 saturated carbocycles. The Labute approximate surface area is 130 Å². The molecule has 4 nitrogen and oxygen atoms in total. The number of hydrogen-bond donors (Lipinski definition) is 1. The lowest BCUT2D eigenvalue weighted by Gasteiger charge is -2.37. The first-order valence-electron chi connectivity index (χ1n) is 8.00. The van der Waals surface area contributed by atoms with Crippen LogP contribution in [0.4, 0.5) is 0 Å². The van der Waals surface area contributed by atoms with Crippen molar-refractivity contribution < 1.29 is 4.79 Å². The van der Waals surface area contributed by atoms with Crippen LogP contribution in [0.1, 0.15) is 31.2 Å². The monoisotopic (exact) mass is 307 g/mol. The number of carbonyl (C=O) groups is 1. The lowest BCUT2D eigenvalue weighted by Crippen LogP contribution is -2.50. The van der Waals surface area contributed by atoms with E-state index in [1.165, 1.54) is 5.56 Å². The number of amides is 1. The molecule has 1 aliphatic heterocycles. The summed E-state index contributed by atoms with van der Waals surface area (Å²) in [5, 5.41) is 4.34. The third-order valence-corrected chi connectivity index (χ3v) is 5.47. The van der Waals surface area contributed by atoms with Crippen LogP contribution in [0.2, 0.25) is 0 Å². The molecule has 0 radical (unpaired) electrons. The van der Waals surface area contributed by atoms with Crippen molar-refractivity contribution in [1.82, 2.24) is 9.80 Å². The van der Waals surface area contributed by atoms with E-state index < -0.39 is 0 Å². The Balaban J connectivity index is 1.47. The second-order valence-electron chi connectivity index (χ2n) is 6.36. The van der Waals surface area contributed by atoms with E-state index in [1.807, 2.05) is 0 Å². The number of rotatable bonds is 3. The van der Waals surface area contributed by atoms with Crippen LogP contribution in [0, 0.1) is 5.92 Å². The molecule has 3 rings (SSSR count). The maximum Gasteiger partial charge on any atom is 0.225 e. The van der Waals surface area contributed by atoms with Gasteiger partial charge in [-0.2, -0.15) is 11.3 Å². The minimum Gasteiger partial charge on any atom is -0.340 e. The quantitative estimate of drug-likeness (QED) is 0.928. The van der Waals surface area contributed by atoms with Crippen molar-refractivity contribution in [2.45, 2.75) is 38.3 Å². The molecule has 2 heterocycles. The number of carbonyl (C=O) groups excluding carboxylic acids is 1. The third-order valence-electron chi connectivity index (χ3n) is 4.73. The molecule has 116 valence electrons. The molecule has 1 saturated heterocycles. The van der Waals surface area contributed by atoms with Gasteiger partial charge in [0.05, 0.1) is 0 Å². The summed E-state index contributed by atoms with van der Waals surface area (Å²) in [4.78, 5) is 17.1. The normalized spacial score (nSPS) is 27.8. The van der Waals surface area contributed by atoms with Crippen molar-refractivity contribution in [3.63, 3.8) is 0 Å². The molecule has 1 aliphatic carbocycles. The lowest BCUT2D eigenvalue weighted by atomic mass is 9.85. The molecule has 2 unspecified atom stereocenters. The van der Waals surface area contributed by atoms with Gasteiger partial charge in [-0.1, -0.05) is 6.42 Å². The minimum absolute atomic E-state index is 0.178. The molecule has 0 spiro atoms. The van der Waals surface area contributed by atoms with Gasteiger partial charge in [0, 0.05) is 44.7 Å². The van der Waals surface area contributed by atoms with Crippen LogP contribution < -0.4 is 5.73 Å². The maximum absolute atomic E-state index is 12.6. The number of nitrogens with two attached hydrogens (primary N) is 1. The summed E-state index contributed by atoms with van der Waals surface area (Å²) >= 11 is 1.75. The Morgan fingerprint density at radius 2 is 2.10 bits per heavy atom. The minimum atomic E-state index is 0.178. The van der Waals surface area contributed by atoms with Crippen LogP contribution in [0.25, 0.3) is 0 Å². The van der Waals surface area contributed by atoms with Crippen molar-refractivity contribution in [1.29, 1.82) is 0 Å². The van der Waals surface area contributed by atoms with Gasteiger partial charge in [-0.05, 0) is 41.7 Å². The topological polar surface area (TPSA) is 49.6 Å². The highest BCUT2D eigenvalue weighted by atomic mass is 32.1. The molecular weight excluding hydrogens is 282 g/mol. The molecule has 1 aromatic heterocycles. The Morgan fingerprint density at radius 1 is 1.29 bits per heavy atom. The lowest BCUT2D eigenvalue weighted by molar-refractivity contribution is -0.138. The summed E-state index contributed by atoms with van der Waals surface area (Å²) in [7, 11) is 0. The molecule has 21 heavy (non-hydrogen) atoms. The Morgan fingerprint density at radius 3 is 2.76 bits per heavy atom. The fraction of sp³-hybridized carbons (Fsp3) is 0.688. The third kappa shape index (κ3) is 3.84. The van der Waals surface area contributed by atoms with Crippen molar-refractivity contribution >= 4 is 17.2 Å². The second kappa shape index (κ2) is 6.90. The van der Waals surface area contributed by atoms with Crippen LogP contribution in [-0.2, 0) is 11.3 Å². The smallest absolute Gasteiger partial charge is 0.225 e. The van der Waals surface area contributed by atoms with E-state index in [-0.39, 0.29) is 12.0 Å². The number of piperazine rings is 1. The summed E-state index contributed by atoms with van der Waals surface area (Å²) in [6.07, 6.45) is 4.10. The van der Waals surface area contributed by atoms with Crippen molar-refractivity contribution in [3.8, 4) is 0 Å². The SMILES string of the molecule is NC1CCCC(C(=O)N2CCN(Cc3ccsc3)CC2)C1. The van der Waals surface area contributed by atoms with Gasteiger partial charge >= 0.3 is 0 Å². The largest absolute Gasteiger partial charge is 0.340 e. The summed E-state index contributed by atoms with van der Waals surface area (Å²) in [5.74, 6) is 0.525. The Hall–Kier alpha value is -0.910. The average Bonchev–Trinajstić information content (AvgIpc) is 3.00. The second-order valence-corrected chi connectivity index (χ2v) is 7.14. The van der Waals surface area contributed by atoms with Gasteiger partial charge in [-0.15, -0.1) is 0 Å². The number of thiophene rings is 1. The van der Waals surface area contributed by atoms with E-state index in [0.29, 0.717) is 5.91 Å². The van der Waals surface area contributed by atoms with Gasteiger partial charge in [-0.3, -0.25) is 9.69 Å². The van der Waals surface area contributed by atoms with Gasteiger partial charge < -0.3 is 10.6 Å². The van der Waals surface area contributed by atoms with Gasteiger partial charge in [0.2, 0.25) is 5.91 Å². The van der Waals surface area contributed by atoms with E-state index >= 15 is 0 Å². The highest BCUT2D eigenvalue weighted by Gasteiger charge is 2.30. The van der Waals surface area contributed by atoms with Crippen LogP contribution in [0.15, 0.2) is 16.8 Å². The number of nitrogens with zero attached hydrogens (tertiary/aromatic N) is 2. The molecule has 2 N–H and O–H groups in total. The zero-order valence-corrected chi connectivity index (χ0v) is 13.4. The number of hydrogen-bond acceptors (Lipinski definition) is 4. The van der Waals surface area contributed by atoms with Crippen LogP contribution in [0.3, 0.4) is 0 Å². The van der Waals surface area contributed by atoms with Crippen molar-refractivity contribution in [2.24, 2.45) is 11.7 Å². The van der Waals surface area contributed by atoms with E-state index in [9.17, 15) is 4.79 Å². The summed E-state index contributed by atoms with van der Waals surface area (Å²) in [6.45, 7) is 4.73. The van der Waals surface area contributed by atoms with E-state index in [2.05, 4.69) is 26.6 Å². The predicted molar refractivity (Wildman–Crippen MR) is 86.1 cm³/mol. The average molecular weight is 307 g/mol. The standard InChI is InChI=1S/C16H25N3OS/c17-15-3-1-2-14(10-15)16(20)19-7-5-18(6-8-19)11-13-4-9-21-12-13/h4,9,12,14-15H,1-3,5-8,10-11,17H2. The Bertz CT molecular complexity index is 454. The zero-order valence-electron chi connectivity index (χ0n) is 12.5. The van der Waals surface area contributed by atoms with Crippen LogP contribution >= 0.6 is 11.3 Å². The molecule has 1 amide bonds. The van der Waals surface area contributed by atoms with E-state index in [1.54, 1.807) is 11.3 Å². The molecule has 2 aliphatic rings. The highest BCUT2D eigenvalue weighted by Crippen LogP contribution is 2.25. The summed E-state index contributed by atoms with van der Waals surface area (Å²) < 4.78 is 0. The van der Waals surface area contributed by atoms with Gasteiger partial charge in [0.25, 0.3) is 0 Å². The fourth-order valence-electron chi connectivity index (χ4n) is 3.48. The fourth-order valence-corrected chi connectivity index (χ4v) is 4.14.